The fourth-order valence-electron chi connectivity index (χ4n) is 2.36. The van der Waals surface area contributed by atoms with E-state index in [0.717, 1.165) is 22.1 Å². The first-order chi connectivity index (χ1) is 9.89. The highest BCUT2D eigenvalue weighted by Gasteiger charge is 2.39. The van der Waals surface area contributed by atoms with E-state index in [9.17, 15) is 4.79 Å². The number of likely N-dealkylation sites (N-methyl/N-ethyl adjacent to an activating group) is 2. The molecule has 1 fully saturated rings. The predicted octanol–water partition coefficient (Wildman–Crippen LogP) is 0.854. The largest absolute Gasteiger partial charge is 0.460 e. The first kappa shape index (κ1) is 19.4. The van der Waals surface area contributed by atoms with E-state index in [2.05, 4.69) is 42.3 Å². The van der Waals surface area contributed by atoms with Crippen molar-refractivity contribution in [3.63, 3.8) is 0 Å². The van der Waals surface area contributed by atoms with Crippen molar-refractivity contribution in [2.45, 2.75) is 31.7 Å². The van der Waals surface area contributed by atoms with Gasteiger partial charge in [0.1, 0.15) is 25.8 Å². The molecule has 6 nitrogen and oxygen atoms in total. The quantitative estimate of drug-likeness (QED) is 0.492. The zero-order valence-corrected chi connectivity index (χ0v) is 15.3. The van der Waals surface area contributed by atoms with Crippen LogP contribution in [-0.2, 0) is 19.0 Å². The van der Waals surface area contributed by atoms with Crippen molar-refractivity contribution in [2.75, 3.05) is 68.6 Å². The Labute approximate surface area is 135 Å². The summed E-state index contributed by atoms with van der Waals surface area (Å²) in [6.45, 7) is 4.64. The molecule has 0 radical (unpaired) electrons. The summed E-state index contributed by atoms with van der Waals surface area (Å²) < 4.78 is 18.6. The van der Waals surface area contributed by atoms with Crippen LogP contribution in [0.1, 0.15) is 19.8 Å². The molecule has 2 atom stereocenters. The Kier molecular flexibility index (Phi) is 6.38. The minimum absolute atomic E-state index is 0.0826. The molecule has 0 aliphatic carbocycles. The summed E-state index contributed by atoms with van der Waals surface area (Å²) in [6.07, 6.45) is 0.938. The summed E-state index contributed by atoms with van der Waals surface area (Å²) in [4.78, 5) is 11.8. The lowest BCUT2D eigenvalue weighted by atomic mass is 10.1. The molecular weight excluding hydrogens is 284 g/mol. The van der Waals surface area contributed by atoms with Crippen molar-refractivity contribution in [1.82, 2.24) is 0 Å². The molecule has 2 unspecified atom stereocenters. The maximum atomic E-state index is 11.8. The van der Waals surface area contributed by atoms with E-state index >= 15 is 0 Å². The number of quaternary nitrogens is 2. The lowest BCUT2D eigenvalue weighted by molar-refractivity contribution is -0.873. The molecule has 0 saturated carbocycles. The summed E-state index contributed by atoms with van der Waals surface area (Å²) >= 11 is 0. The van der Waals surface area contributed by atoms with Gasteiger partial charge in [-0.1, -0.05) is 0 Å². The number of carbonyl (C=O) groups excluding carboxylic acids is 1. The van der Waals surface area contributed by atoms with Gasteiger partial charge in [-0.05, 0) is 6.92 Å². The number of rotatable bonds is 8. The van der Waals surface area contributed by atoms with Gasteiger partial charge in [0.25, 0.3) is 0 Å². The minimum Gasteiger partial charge on any atom is -0.460 e. The summed E-state index contributed by atoms with van der Waals surface area (Å²) in [7, 11) is 12.6. The van der Waals surface area contributed by atoms with Crippen molar-refractivity contribution in [1.29, 1.82) is 0 Å². The lowest BCUT2D eigenvalue weighted by Crippen LogP contribution is -2.43. The molecule has 1 aliphatic rings. The van der Waals surface area contributed by atoms with Crippen LogP contribution in [0, 0.1) is 0 Å². The molecule has 0 aromatic rings. The molecule has 1 saturated heterocycles. The van der Waals surface area contributed by atoms with Crippen LogP contribution in [0.5, 0.6) is 0 Å². The smallest absolute Gasteiger partial charge is 0.306 e. The molecule has 130 valence electrons. The normalized spacial score (nSPS) is 26.2. The fraction of sp³-hybridized carbons (Fsp3) is 0.938. The SMILES string of the molecule is CC1(CCC(=O)OCC[N+](C)(C)C)OCC(C[N+](C)(C)C)O1. The van der Waals surface area contributed by atoms with Gasteiger partial charge in [-0.15, -0.1) is 0 Å². The third kappa shape index (κ3) is 8.08. The highest BCUT2D eigenvalue weighted by Crippen LogP contribution is 2.28. The maximum Gasteiger partial charge on any atom is 0.306 e. The van der Waals surface area contributed by atoms with Gasteiger partial charge in [-0.2, -0.15) is 0 Å². The van der Waals surface area contributed by atoms with Crippen molar-refractivity contribution in [3.8, 4) is 0 Å². The first-order valence-corrected chi connectivity index (χ1v) is 7.97. The highest BCUT2D eigenvalue weighted by molar-refractivity contribution is 5.69. The summed E-state index contributed by atoms with van der Waals surface area (Å²) in [5.41, 5.74) is 0. The van der Waals surface area contributed by atoms with Crippen molar-refractivity contribution < 1.29 is 28.0 Å². The Bertz CT molecular complexity index is 373. The Hall–Kier alpha value is -0.690. The molecule has 0 bridgehead atoms. The first-order valence-electron chi connectivity index (χ1n) is 7.97. The lowest BCUT2D eigenvalue weighted by Gasteiger charge is -2.28. The molecule has 22 heavy (non-hydrogen) atoms. The number of nitrogens with zero attached hydrogens (tertiary/aromatic N) is 2. The van der Waals surface area contributed by atoms with Crippen LogP contribution in [0.2, 0.25) is 0 Å². The molecule has 6 heteroatoms. The Morgan fingerprint density at radius 3 is 2.36 bits per heavy atom. The monoisotopic (exact) mass is 318 g/mol. The molecule has 1 rings (SSSR count). The van der Waals surface area contributed by atoms with Crippen molar-refractivity contribution >= 4 is 5.97 Å². The van der Waals surface area contributed by atoms with E-state index in [1.54, 1.807) is 0 Å². The Morgan fingerprint density at radius 1 is 1.18 bits per heavy atom. The van der Waals surface area contributed by atoms with Gasteiger partial charge >= 0.3 is 5.97 Å². The predicted molar refractivity (Wildman–Crippen MR) is 85.2 cm³/mol. The number of carbonyl (C=O) groups is 1. The Balaban J connectivity index is 2.28. The van der Waals surface area contributed by atoms with Crippen LogP contribution >= 0.6 is 0 Å². The molecular formula is C16H34N2O4+2. The fourth-order valence-corrected chi connectivity index (χ4v) is 2.36. The molecule has 0 N–H and O–H groups in total. The third-order valence-electron chi connectivity index (χ3n) is 3.55. The van der Waals surface area contributed by atoms with E-state index in [1.807, 2.05) is 6.92 Å². The van der Waals surface area contributed by atoms with Crippen molar-refractivity contribution in [3.05, 3.63) is 0 Å². The van der Waals surface area contributed by atoms with Crippen LogP contribution in [0.3, 0.4) is 0 Å². The zero-order chi connectivity index (χ0) is 17.0. The van der Waals surface area contributed by atoms with Crippen LogP contribution in [0.15, 0.2) is 0 Å². The maximum absolute atomic E-state index is 11.8. The molecule has 0 amide bonds. The Morgan fingerprint density at radius 2 is 1.82 bits per heavy atom. The van der Waals surface area contributed by atoms with Crippen LogP contribution < -0.4 is 0 Å². The van der Waals surface area contributed by atoms with Gasteiger partial charge in [-0.25, -0.2) is 0 Å². The average Bonchev–Trinajstić information content (AvgIpc) is 2.65. The van der Waals surface area contributed by atoms with Gasteiger partial charge < -0.3 is 23.2 Å². The van der Waals surface area contributed by atoms with Gasteiger partial charge in [0, 0.05) is 6.42 Å². The summed E-state index contributed by atoms with van der Waals surface area (Å²) in [5.74, 6) is -0.851. The second kappa shape index (κ2) is 7.25. The van der Waals surface area contributed by atoms with E-state index in [1.165, 1.54) is 0 Å². The summed E-state index contributed by atoms with van der Waals surface area (Å²) in [6, 6.07) is 0. The van der Waals surface area contributed by atoms with E-state index in [0.29, 0.717) is 26.1 Å². The van der Waals surface area contributed by atoms with E-state index in [-0.39, 0.29) is 12.1 Å². The standard InChI is InChI=1S/C16H34N2O4/c1-16(21-13-14(22-16)12-18(5,6)7)9-8-15(19)20-11-10-17(2,3)4/h14H,8-13H2,1-7H3/q+2. The van der Waals surface area contributed by atoms with E-state index in [4.69, 9.17) is 14.2 Å². The number of hydrogen-bond acceptors (Lipinski definition) is 4. The molecule has 1 heterocycles. The van der Waals surface area contributed by atoms with Gasteiger partial charge in [0.2, 0.25) is 0 Å². The summed E-state index contributed by atoms with van der Waals surface area (Å²) in [5, 5.41) is 0. The molecule has 0 aromatic carbocycles. The van der Waals surface area contributed by atoms with Gasteiger partial charge in [0.15, 0.2) is 5.79 Å². The average molecular weight is 318 g/mol. The topological polar surface area (TPSA) is 44.8 Å². The number of ether oxygens (including phenoxy) is 3. The second-order valence-electron chi connectivity index (χ2n) is 8.39. The van der Waals surface area contributed by atoms with Crippen LogP contribution in [-0.4, -0.2) is 95.4 Å². The molecule has 1 aliphatic heterocycles. The van der Waals surface area contributed by atoms with Gasteiger partial charge in [-0.3, -0.25) is 4.79 Å². The number of hydrogen-bond donors (Lipinski definition) is 0. The van der Waals surface area contributed by atoms with Crippen molar-refractivity contribution in [2.24, 2.45) is 0 Å². The van der Waals surface area contributed by atoms with E-state index < -0.39 is 5.79 Å². The molecule has 0 aromatic heterocycles. The second-order valence-corrected chi connectivity index (χ2v) is 8.39. The van der Waals surface area contributed by atoms with Crippen LogP contribution in [0.4, 0.5) is 0 Å². The number of esters is 1. The molecule has 0 spiro atoms. The zero-order valence-electron chi connectivity index (χ0n) is 15.3. The van der Waals surface area contributed by atoms with Gasteiger partial charge in [0.05, 0.1) is 55.3 Å². The third-order valence-corrected chi connectivity index (χ3v) is 3.55. The van der Waals surface area contributed by atoms with Crippen LogP contribution in [0.25, 0.3) is 0 Å². The minimum atomic E-state index is -0.668. The highest BCUT2D eigenvalue weighted by atomic mass is 16.7.